The van der Waals surface area contributed by atoms with E-state index < -0.39 is 202 Å². The maximum Gasteiger partial charge on any atom is 0.335 e. The summed E-state index contributed by atoms with van der Waals surface area (Å²) in [6.45, 7) is 3.69. The number of aliphatic carboxylic acids is 3. The highest BCUT2D eigenvalue weighted by atomic mass is 16.8. The van der Waals surface area contributed by atoms with Crippen LogP contribution in [0.1, 0.15) is 20.8 Å². The molecule has 0 aromatic rings. The first-order chi connectivity index (χ1) is 31.3. The first-order valence-corrected chi connectivity index (χ1v) is 20.7. The molecule has 6 heterocycles. The highest BCUT2D eigenvalue weighted by Crippen LogP contribution is 2.37. The zero-order chi connectivity index (χ0) is 49.8. The highest BCUT2D eigenvalue weighted by Gasteiger charge is 2.59. The van der Waals surface area contributed by atoms with E-state index in [2.05, 4.69) is 0 Å². The SMILES string of the molecule is C[C@@H]1O[C@@H](O)[C@H](O[C@H]2O[C@H](C(=O)O)[C@H](O[C@@H]3O[C@@H](C)[C@H](O)[C@@H](O)[C@H]3O[C@H]3O[C@H](C(=O)O)[C@H](O[C@@H]4O[C@@H](C)[C@H](O)[C@@H](O)[C@H]4O[C@H]4O[C@H](C(=O)O)[C@H](O)[C@H](O)[C@H]4O)[C@H](O)[C@H]3O)[C@H](O)[C@H]2O)[C@H](O)[C@H]1O. The van der Waals surface area contributed by atoms with Crippen molar-refractivity contribution in [3.05, 3.63) is 0 Å². The summed E-state index contributed by atoms with van der Waals surface area (Å²) in [6.07, 6.45) is -62.0. The lowest BCUT2D eigenvalue weighted by Crippen LogP contribution is -2.68. The van der Waals surface area contributed by atoms with Gasteiger partial charge >= 0.3 is 17.9 Å². The number of aliphatic hydroxyl groups is 14. The van der Waals surface area contributed by atoms with Crippen LogP contribution in [0.5, 0.6) is 0 Å². The molecule has 0 radical (unpaired) electrons. The van der Waals surface area contributed by atoms with Crippen molar-refractivity contribution in [2.75, 3.05) is 0 Å². The van der Waals surface area contributed by atoms with E-state index in [4.69, 9.17) is 52.1 Å². The molecule has 17 N–H and O–H groups in total. The summed E-state index contributed by atoms with van der Waals surface area (Å²) in [5, 5.41) is 180. The third kappa shape index (κ3) is 10.7. The van der Waals surface area contributed by atoms with E-state index in [0.717, 1.165) is 0 Å². The Hall–Kier alpha value is -2.59. The second-order valence-electron chi connectivity index (χ2n) is 16.8. The van der Waals surface area contributed by atoms with Crippen LogP contribution in [0.25, 0.3) is 0 Å². The number of carboxylic acid groups (broad SMARTS) is 3. The molecule has 6 rings (SSSR count). The standard InChI is InChI=1S/C36H56O31/c1-4-7(37)11(41)23(31(56)57-4)63-33-18(48)15(45)20(26(66-33)29(52)53)60-36-25(13(43)9(39)6(3)59-36)65-34-19(49)16(46)21(27(67-34)30(54)55)61-35-24(12(42)8(38)5(2)58-35)64-32-17(47)10(40)14(44)22(62-32)28(50)51/h4-27,31-49,56H,1-3H3,(H,50,51)(H,52,53)(H,54,55)/t4-,5-,6-,7-,8-,9-,10-,11+,12+,13+,14+,15+,16+,17+,18+,19+,20+,21+,22-,23+,24+,25+,26-,27-,31+,32+,33-,34-,35-,36-/m0/s1. The van der Waals surface area contributed by atoms with Gasteiger partial charge in [-0.1, -0.05) is 0 Å². The number of rotatable bonds is 13. The van der Waals surface area contributed by atoms with E-state index in [0.29, 0.717) is 0 Å². The molecular weight excluding hydrogens is 928 g/mol. The van der Waals surface area contributed by atoms with Crippen LogP contribution in [-0.4, -0.2) is 289 Å². The number of ether oxygens (including phenoxy) is 11. The third-order valence-electron chi connectivity index (χ3n) is 12.2. The van der Waals surface area contributed by atoms with E-state index in [9.17, 15) is 101 Å². The highest BCUT2D eigenvalue weighted by molar-refractivity contribution is 5.74. The summed E-state index contributed by atoms with van der Waals surface area (Å²) in [7, 11) is 0. The summed E-state index contributed by atoms with van der Waals surface area (Å²) < 4.78 is 59.9. The van der Waals surface area contributed by atoms with Gasteiger partial charge in [-0.25, -0.2) is 14.4 Å². The van der Waals surface area contributed by atoms with Crippen molar-refractivity contribution in [2.24, 2.45) is 0 Å². The zero-order valence-corrected chi connectivity index (χ0v) is 35.1. The second kappa shape index (κ2) is 21.4. The quantitative estimate of drug-likeness (QED) is 0.0815. The van der Waals surface area contributed by atoms with Crippen LogP contribution in [0.15, 0.2) is 0 Å². The molecule has 0 spiro atoms. The molecule has 6 aliphatic rings. The van der Waals surface area contributed by atoms with Crippen molar-refractivity contribution in [3.63, 3.8) is 0 Å². The molecule has 0 aromatic heterocycles. The summed E-state index contributed by atoms with van der Waals surface area (Å²) in [6, 6.07) is 0. The lowest BCUT2D eigenvalue weighted by molar-refractivity contribution is -0.399. The topological polar surface area (TPSA) is 497 Å². The lowest BCUT2D eigenvalue weighted by Gasteiger charge is -2.49. The van der Waals surface area contributed by atoms with Crippen molar-refractivity contribution in [1.82, 2.24) is 0 Å². The van der Waals surface area contributed by atoms with Gasteiger partial charge in [0, 0.05) is 0 Å². The van der Waals surface area contributed by atoms with E-state index >= 15 is 0 Å². The van der Waals surface area contributed by atoms with Crippen LogP contribution < -0.4 is 0 Å². The van der Waals surface area contributed by atoms with Gasteiger partial charge in [0.15, 0.2) is 56.1 Å². The molecule has 31 heteroatoms. The molecule has 0 aromatic carbocycles. The molecular formula is C36H56O31. The second-order valence-corrected chi connectivity index (χ2v) is 16.8. The van der Waals surface area contributed by atoms with Gasteiger partial charge < -0.3 is 139 Å². The van der Waals surface area contributed by atoms with Crippen molar-refractivity contribution in [1.29, 1.82) is 0 Å². The van der Waals surface area contributed by atoms with Crippen LogP contribution in [0.4, 0.5) is 0 Å². The minimum absolute atomic E-state index is 1.10. The van der Waals surface area contributed by atoms with Crippen LogP contribution in [0.2, 0.25) is 0 Å². The number of aliphatic hydroxyl groups excluding tert-OH is 14. The van der Waals surface area contributed by atoms with Crippen molar-refractivity contribution in [2.45, 2.75) is 205 Å². The largest absolute Gasteiger partial charge is 0.479 e. The number of carboxylic acids is 3. The molecule has 6 saturated heterocycles. The fourth-order valence-corrected chi connectivity index (χ4v) is 8.22. The van der Waals surface area contributed by atoms with Crippen LogP contribution in [0, 0.1) is 0 Å². The van der Waals surface area contributed by atoms with Gasteiger partial charge in [0.1, 0.15) is 110 Å². The van der Waals surface area contributed by atoms with Gasteiger partial charge in [0.2, 0.25) is 0 Å². The average molecular weight is 985 g/mol. The zero-order valence-electron chi connectivity index (χ0n) is 35.1. The number of carbonyl (C=O) groups is 3. The molecule has 30 atom stereocenters. The van der Waals surface area contributed by atoms with Crippen LogP contribution in [-0.2, 0) is 66.5 Å². The molecule has 6 aliphatic heterocycles. The Morgan fingerprint density at radius 3 is 0.955 bits per heavy atom. The van der Waals surface area contributed by atoms with E-state index in [1.807, 2.05) is 0 Å². The molecule has 0 saturated carbocycles. The Balaban J connectivity index is 1.20. The van der Waals surface area contributed by atoms with Gasteiger partial charge in [0.05, 0.1) is 18.3 Å². The Morgan fingerprint density at radius 2 is 0.582 bits per heavy atom. The van der Waals surface area contributed by atoms with Gasteiger partial charge in [0.25, 0.3) is 0 Å². The maximum atomic E-state index is 12.7. The average Bonchev–Trinajstić information content (AvgIpc) is 3.26. The third-order valence-corrected chi connectivity index (χ3v) is 12.2. The monoisotopic (exact) mass is 984 g/mol. The molecule has 0 bridgehead atoms. The summed E-state index contributed by atoms with van der Waals surface area (Å²) in [5.41, 5.74) is 0. The van der Waals surface area contributed by atoms with Crippen molar-refractivity contribution >= 4 is 17.9 Å². The Labute approximate surface area is 376 Å². The molecule has 0 aliphatic carbocycles. The predicted octanol–water partition coefficient (Wildman–Crippen LogP) is -10.7. The molecule has 0 amide bonds. The Morgan fingerprint density at radius 1 is 0.299 bits per heavy atom. The number of hydrogen-bond donors (Lipinski definition) is 17. The van der Waals surface area contributed by atoms with E-state index in [1.54, 1.807) is 0 Å². The molecule has 67 heavy (non-hydrogen) atoms. The molecule has 31 nitrogen and oxygen atoms in total. The molecule has 386 valence electrons. The van der Waals surface area contributed by atoms with Gasteiger partial charge in [-0.15, -0.1) is 0 Å². The summed E-state index contributed by atoms with van der Waals surface area (Å²) >= 11 is 0. The fourth-order valence-electron chi connectivity index (χ4n) is 8.22. The Kier molecular flexibility index (Phi) is 17.2. The molecule has 0 unspecified atom stereocenters. The first kappa shape index (κ1) is 53.8. The predicted molar refractivity (Wildman–Crippen MR) is 197 cm³/mol. The van der Waals surface area contributed by atoms with Crippen LogP contribution >= 0.6 is 0 Å². The minimum atomic E-state index is -2.44. The minimum Gasteiger partial charge on any atom is -0.479 e. The normalized spacial score (nSPS) is 53.1. The lowest BCUT2D eigenvalue weighted by atomic mass is 9.95. The molecule has 6 fully saturated rings. The smallest absolute Gasteiger partial charge is 0.335 e. The number of hydrogen-bond acceptors (Lipinski definition) is 28. The van der Waals surface area contributed by atoms with Crippen molar-refractivity contribution < 1.29 is 153 Å². The van der Waals surface area contributed by atoms with Crippen LogP contribution in [0.3, 0.4) is 0 Å². The van der Waals surface area contributed by atoms with Gasteiger partial charge in [-0.2, -0.15) is 0 Å². The first-order valence-electron chi connectivity index (χ1n) is 20.7. The Bertz CT molecular complexity index is 1700. The van der Waals surface area contributed by atoms with Gasteiger partial charge in [-0.3, -0.25) is 0 Å². The summed E-state index contributed by atoms with van der Waals surface area (Å²) in [5.74, 6) is -5.67. The van der Waals surface area contributed by atoms with Crippen molar-refractivity contribution in [3.8, 4) is 0 Å². The van der Waals surface area contributed by atoms with E-state index in [-0.39, 0.29) is 0 Å². The maximum absolute atomic E-state index is 12.7. The summed E-state index contributed by atoms with van der Waals surface area (Å²) in [4.78, 5) is 36.8. The van der Waals surface area contributed by atoms with E-state index in [1.165, 1.54) is 20.8 Å². The fraction of sp³-hybridized carbons (Fsp3) is 0.917. The van der Waals surface area contributed by atoms with Gasteiger partial charge in [-0.05, 0) is 20.8 Å².